The molecule has 7 nitrogen and oxygen atoms in total. The van der Waals surface area contributed by atoms with E-state index in [1.165, 1.54) is 0 Å². The predicted octanol–water partition coefficient (Wildman–Crippen LogP) is -1.77. The van der Waals surface area contributed by atoms with E-state index >= 15 is 0 Å². The first-order chi connectivity index (χ1) is 7.49. The molecule has 1 aliphatic heterocycles. The molecular weight excluding hydrogens is 212 g/mol. The largest absolute Gasteiger partial charge is 0.374 e. The van der Waals surface area contributed by atoms with Crippen LogP contribution in [0.5, 0.6) is 0 Å². The van der Waals surface area contributed by atoms with Gasteiger partial charge in [0.1, 0.15) is 0 Å². The molecule has 0 spiro atoms. The third kappa shape index (κ3) is 4.13. The third-order valence-electron chi connectivity index (χ3n) is 2.39. The maximum absolute atomic E-state index is 11.3. The Morgan fingerprint density at radius 1 is 1.62 bits per heavy atom. The van der Waals surface area contributed by atoms with E-state index in [1.807, 2.05) is 17.1 Å². The summed E-state index contributed by atoms with van der Waals surface area (Å²) in [6.45, 7) is 3.77. The molecule has 0 aromatic carbocycles. The van der Waals surface area contributed by atoms with Gasteiger partial charge in [0.2, 0.25) is 5.91 Å². The van der Waals surface area contributed by atoms with Crippen molar-refractivity contribution in [1.82, 2.24) is 10.2 Å². The van der Waals surface area contributed by atoms with Gasteiger partial charge in [0.25, 0.3) is 0 Å². The van der Waals surface area contributed by atoms with Gasteiger partial charge in [0.05, 0.1) is 19.3 Å². The topological polar surface area (TPSA) is 111 Å². The summed E-state index contributed by atoms with van der Waals surface area (Å²) in [5.41, 5.74) is 10.6. The average molecular weight is 230 g/mol. The number of morpholine rings is 1. The molecule has 1 rings (SSSR count). The molecule has 1 aliphatic rings. The molecule has 1 fully saturated rings. The molecule has 0 bridgehead atoms. The van der Waals surface area contributed by atoms with Crippen LogP contribution in [0.4, 0.5) is 4.79 Å². The summed E-state index contributed by atoms with van der Waals surface area (Å²) >= 11 is 0. The second-order valence-corrected chi connectivity index (χ2v) is 3.92. The third-order valence-corrected chi connectivity index (χ3v) is 2.39. The van der Waals surface area contributed by atoms with Crippen LogP contribution in [-0.2, 0) is 9.53 Å². The first kappa shape index (κ1) is 12.9. The molecule has 0 aliphatic carbocycles. The van der Waals surface area contributed by atoms with Crippen LogP contribution >= 0.6 is 0 Å². The van der Waals surface area contributed by atoms with Gasteiger partial charge in [-0.25, -0.2) is 4.79 Å². The number of carbonyl (C=O) groups excluding carboxylic acids is 2. The van der Waals surface area contributed by atoms with Crippen molar-refractivity contribution in [3.63, 3.8) is 0 Å². The minimum atomic E-state index is -0.831. The number of carbonyl (C=O) groups is 2. The molecule has 3 amide bonds. The van der Waals surface area contributed by atoms with Gasteiger partial charge in [-0.2, -0.15) is 0 Å². The number of nitrogens with two attached hydrogens (primary N) is 2. The normalized spacial score (nSPS) is 23.8. The molecule has 1 heterocycles. The van der Waals surface area contributed by atoms with Gasteiger partial charge in [-0.05, 0) is 6.92 Å². The lowest BCUT2D eigenvalue weighted by molar-refractivity contribution is -0.123. The summed E-state index contributed by atoms with van der Waals surface area (Å²) in [7, 11) is 0. The Hall–Kier alpha value is -1.18. The van der Waals surface area contributed by atoms with Crippen LogP contribution in [-0.4, -0.2) is 55.2 Å². The zero-order valence-electron chi connectivity index (χ0n) is 9.31. The Labute approximate surface area is 94.1 Å². The van der Waals surface area contributed by atoms with Crippen LogP contribution in [0.3, 0.4) is 0 Å². The van der Waals surface area contributed by atoms with E-state index in [1.54, 1.807) is 0 Å². The zero-order chi connectivity index (χ0) is 12.1. The maximum Gasteiger partial charge on any atom is 0.318 e. The van der Waals surface area contributed by atoms with Crippen LogP contribution < -0.4 is 16.8 Å². The lowest BCUT2D eigenvalue weighted by atomic mass is 10.1. The van der Waals surface area contributed by atoms with E-state index in [9.17, 15) is 9.59 Å². The molecule has 0 aromatic rings. The molecule has 1 saturated heterocycles. The highest BCUT2D eigenvalue weighted by molar-refractivity contribution is 5.94. The monoisotopic (exact) mass is 230 g/mol. The lowest BCUT2D eigenvalue weighted by Gasteiger charge is -2.34. The van der Waals surface area contributed by atoms with Gasteiger partial charge in [-0.1, -0.05) is 0 Å². The molecular formula is C9H18N4O3. The van der Waals surface area contributed by atoms with Crippen molar-refractivity contribution in [2.45, 2.75) is 19.1 Å². The van der Waals surface area contributed by atoms with E-state index in [2.05, 4.69) is 0 Å². The van der Waals surface area contributed by atoms with Crippen LogP contribution in [0, 0.1) is 0 Å². The Morgan fingerprint density at radius 3 is 2.88 bits per heavy atom. The quantitative estimate of drug-likeness (QED) is 0.531. The minimum Gasteiger partial charge on any atom is -0.374 e. The maximum atomic E-state index is 11.3. The SMILES string of the molecule is CC(N)C1CN(CC(=O)NC(N)=O)CCO1. The number of imide groups is 1. The number of hydrogen-bond donors (Lipinski definition) is 3. The summed E-state index contributed by atoms with van der Waals surface area (Å²) in [4.78, 5) is 23.6. The van der Waals surface area contributed by atoms with E-state index in [0.717, 1.165) is 0 Å². The molecule has 0 radical (unpaired) electrons. The first-order valence-corrected chi connectivity index (χ1v) is 5.18. The number of urea groups is 1. The highest BCUT2D eigenvalue weighted by atomic mass is 16.5. The van der Waals surface area contributed by atoms with Crippen molar-refractivity contribution in [3.8, 4) is 0 Å². The van der Waals surface area contributed by atoms with Gasteiger partial charge >= 0.3 is 6.03 Å². The number of amides is 3. The number of hydrogen-bond acceptors (Lipinski definition) is 5. The Bertz CT molecular complexity index is 269. The number of primary amides is 1. The van der Waals surface area contributed by atoms with Gasteiger partial charge in [0, 0.05) is 19.1 Å². The summed E-state index contributed by atoms with van der Waals surface area (Å²) < 4.78 is 5.44. The fourth-order valence-electron chi connectivity index (χ4n) is 1.57. The smallest absolute Gasteiger partial charge is 0.318 e. The second kappa shape index (κ2) is 5.78. The van der Waals surface area contributed by atoms with E-state index in [0.29, 0.717) is 19.7 Å². The predicted molar refractivity (Wildman–Crippen MR) is 57.6 cm³/mol. The van der Waals surface area contributed by atoms with Gasteiger partial charge in [-0.3, -0.25) is 15.0 Å². The van der Waals surface area contributed by atoms with Crippen molar-refractivity contribution in [2.24, 2.45) is 11.5 Å². The average Bonchev–Trinajstić information content (AvgIpc) is 2.16. The highest BCUT2D eigenvalue weighted by Gasteiger charge is 2.24. The number of ether oxygens (including phenoxy) is 1. The number of rotatable bonds is 3. The van der Waals surface area contributed by atoms with Crippen molar-refractivity contribution in [3.05, 3.63) is 0 Å². The van der Waals surface area contributed by atoms with E-state index in [-0.39, 0.29) is 18.7 Å². The summed E-state index contributed by atoms with van der Waals surface area (Å²) in [6.07, 6.45) is -0.0740. The molecule has 0 saturated carbocycles. The van der Waals surface area contributed by atoms with Crippen LogP contribution in [0.25, 0.3) is 0 Å². The number of nitrogens with zero attached hydrogens (tertiary/aromatic N) is 1. The summed E-state index contributed by atoms with van der Waals surface area (Å²) in [6, 6.07) is -0.913. The molecule has 16 heavy (non-hydrogen) atoms. The molecule has 2 atom stereocenters. The molecule has 7 heteroatoms. The van der Waals surface area contributed by atoms with Crippen molar-refractivity contribution in [1.29, 1.82) is 0 Å². The van der Waals surface area contributed by atoms with Crippen molar-refractivity contribution >= 4 is 11.9 Å². The van der Waals surface area contributed by atoms with Gasteiger partial charge in [-0.15, -0.1) is 0 Å². The highest BCUT2D eigenvalue weighted by Crippen LogP contribution is 2.07. The standard InChI is InChI=1S/C9H18N4O3/c1-6(10)7-4-13(2-3-16-7)5-8(14)12-9(11)15/h6-7H,2-5,10H2,1H3,(H3,11,12,14,15). The lowest BCUT2D eigenvalue weighted by Crippen LogP contribution is -2.52. The van der Waals surface area contributed by atoms with E-state index in [4.69, 9.17) is 16.2 Å². The fraction of sp³-hybridized carbons (Fsp3) is 0.778. The van der Waals surface area contributed by atoms with Crippen LogP contribution in [0.2, 0.25) is 0 Å². The second-order valence-electron chi connectivity index (χ2n) is 3.92. The Balaban J connectivity index is 2.37. The summed E-state index contributed by atoms with van der Waals surface area (Å²) in [5.74, 6) is -0.405. The molecule has 0 aromatic heterocycles. The molecule has 5 N–H and O–H groups in total. The zero-order valence-corrected chi connectivity index (χ0v) is 9.31. The van der Waals surface area contributed by atoms with Crippen molar-refractivity contribution < 1.29 is 14.3 Å². The van der Waals surface area contributed by atoms with Gasteiger partial charge in [0.15, 0.2) is 0 Å². The first-order valence-electron chi connectivity index (χ1n) is 5.18. The van der Waals surface area contributed by atoms with Gasteiger partial charge < -0.3 is 16.2 Å². The van der Waals surface area contributed by atoms with Crippen molar-refractivity contribution in [2.75, 3.05) is 26.2 Å². The van der Waals surface area contributed by atoms with Crippen LogP contribution in [0.15, 0.2) is 0 Å². The molecule has 2 unspecified atom stereocenters. The Kier molecular flexibility index (Phi) is 4.66. The molecule has 92 valence electrons. The van der Waals surface area contributed by atoms with E-state index < -0.39 is 11.9 Å². The fourth-order valence-corrected chi connectivity index (χ4v) is 1.57. The summed E-state index contributed by atoms with van der Waals surface area (Å²) in [5, 5.41) is 2.02. The Morgan fingerprint density at radius 2 is 2.31 bits per heavy atom. The number of nitrogens with one attached hydrogen (secondary N) is 1. The van der Waals surface area contributed by atoms with Crippen LogP contribution in [0.1, 0.15) is 6.92 Å². The minimum absolute atomic E-state index is 0.0740.